The van der Waals surface area contributed by atoms with Gasteiger partial charge < -0.3 is 5.32 Å². The van der Waals surface area contributed by atoms with E-state index in [0.717, 1.165) is 6.07 Å². The summed E-state index contributed by atoms with van der Waals surface area (Å²) in [6, 6.07) is 0.958. The van der Waals surface area contributed by atoms with E-state index >= 15 is 0 Å². The van der Waals surface area contributed by atoms with Crippen molar-refractivity contribution in [2.75, 3.05) is 13.6 Å². The first kappa shape index (κ1) is 15.8. The summed E-state index contributed by atoms with van der Waals surface area (Å²) in [5.74, 6) is 0. The summed E-state index contributed by atoms with van der Waals surface area (Å²) in [4.78, 5) is 0. The van der Waals surface area contributed by atoms with E-state index in [1.54, 1.807) is 0 Å². The van der Waals surface area contributed by atoms with E-state index in [-0.39, 0.29) is 0 Å². The molecule has 1 aromatic heterocycles. The molecule has 0 bridgehead atoms. The van der Waals surface area contributed by atoms with Crippen LogP contribution in [0.2, 0.25) is 0 Å². The van der Waals surface area contributed by atoms with Crippen LogP contribution in [0.5, 0.6) is 0 Å². The van der Waals surface area contributed by atoms with Crippen LogP contribution in [-0.4, -0.2) is 30.0 Å². The lowest BCUT2D eigenvalue weighted by atomic mass is 10.4. The molecule has 0 fully saturated rings. The summed E-state index contributed by atoms with van der Waals surface area (Å²) >= 11 is 0. The van der Waals surface area contributed by atoms with E-state index in [9.17, 15) is 26.3 Å². The highest BCUT2D eigenvalue weighted by molar-refractivity contribution is 5.09. The van der Waals surface area contributed by atoms with Crippen LogP contribution < -0.4 is 5.32 Å². The fourth-order valence-corrected chi connectivity index (χ4v) is 0.764. The minimum Gasteiger partial charge on any atom is -0.312 e. The van der Waals surface area contributed by atoms with Crippen LogP contribution in [0.25, 0.3) is 0 Å². The van der Waals surface area contributed by atoms with Gasteiger partial charge in [0, 0.05) is 5.69 Å². The van der Waals surface area contributed by atoms with Crippen LogP contribution in [0.4, 0.5) is 26.3 Å². The summed E-state index contributed by atoms with van der Waals surface area (Å²) in [6.07, 6.45) is -8.39. The normalized spacial score (nSPS) is 12.0. The Kier molecular flexibility index (Phi) is 5.46. The Labute approximate surface area is 93.2 Å². The number of hydrogen-bond acceptors (Lipinski definition) is 2. The average molecular weight is 263 g/mol. The summed E-state index contributed by atoms with van der Waals surface area (Å²) in [5.41, 5.74) is -0.461. The number of aryl methyl sites for hydroxylation is 1. The zero-order chi connectivity index (χ0) is 13.7. The molecule has 0 atom stereocenters. The third-order valence-corrected chi connectivity index (χ3v) is 1.37. The van der Waals surface area contributed by atoms with Gasteiger partial charge >= 0.3 is 12.4 Å². The third kappa shape index (κ3) is 7.61. The smallest absolute Gasteiger partial charge is 0.312 e. The largest absolute Gasteiger partial charge is 0.435 e. The van der Waals surface area contributed by atoms with Gasteiger partial charge in [0.05, 0.1) is 6.54 Å². The number of H-pyrrole nitrogens is 1. The maximum absolute atomic E-state index is 11.7. The molecule has 3 nitrogen and oxygen atoms in total. The molecule has 0 unspecified atom stereocenters. The molecule has 0 saturated carbocycles. The van der Waals surface area contributed by atoms with E-state index in [1.165, 1.54) is 14.0 Å². The number of aromatic amines is 1. The van der Waals surface area contributed by atoms with Gasteiger partial charge in [-0.25, -0.2) is 0 Å². The Bertz CT molecular complexity index is 327. The standard InChI is InChI=1S/C5H5F3N2.C3H6F3N/c1-3-2-4(10-9-3)5(6,7)8;1-7-2-3(4,5)6/h2H,1H3,(H,9,10);7H,2H2,1H3. The van der Waals surface area contributed by atoms with Crippen LogP contribution in [0, 0.1) is 6.92 Å². The number of nitrogens with zero attached hydrogens (tertiary/aromatic N) is 1. The van der Waals surface area contributed by atoms with Crippen molar-refractivity contribution in [1.82, 2.24) is 15.5 Å². The fraction of sp³-hybridized carbons (Fsp3) is 0.625. The van der Waals surface area contributed by atoms with Crippen LogP contribution in [0.15, 0.2) is 6.07 Å². The van der Waals surface area contributed by atoms with Gasteiger partial charge in [-0.2, -0.15) is 31.4 Å². The van der Waals surface area contributed by atoms with Crippen LogP contribution >= 0.6 is 0 Å². The van der Waals surface area contributed by atoms with Gasteiger partial charge in [0.1, 0.15) is 0 Å². The second kappa shape index (κ2) is 5.89. The lowest BCUT2D eigenvalue weighted by molar-refractivity contribution is -0.141. The van der Waals surface area contributed by atoms with E-state index in [0.29, 0.717) is 5.69 Å². The van der Waals surface area contributed by atoms with E-state index < -0.39 is 24.6 Å². The van der Waals surface area contributed by atoms with Crippen molar-refractivity contribution < 1.29 is 26.3 Å². The highest BCUT2D eigenvalue weighted by atomic mass is 19.4. The van der Waals surface area contributed by atoms with Crippen molar-refractivity contribution in [3.05, 3.63) is 17.5 Å². The van der Waals surface area contributed by atoms with Gasteiger partial charge in [0.2, 0.25) is 0 Å². The summed E-state index contributed by atoms with van der Waals surface area (Å²) in [5, 5.41) is 7.22. The van der Waals surface area contributed by atoms with Crippen molar-refractivity contribution >= 4 is 0 Å². The predicted molar refractivity (Wildman–Crippen MR) is 48.3 cm³/mol. The summed E-state index contributed by atoms with van der Waals surface area (Å²) in [6.45, 7) is 0.606. The summed E-state index contributed by atoms with van der Waals surface area (Å²) in [7, 11) is 1.26. The van der Waals surface area contributed by atoms with Crippen LogP contribution in [-0.2, 0) is 6.18 Å². The highest BCUT2D eigenvalue weighted by Crippen LogP contribution is 2.27. The monoisotopic (exact) mass is 263 g/mol. The molecule has 17 heavy (non-hydrogen) atoms. The van der Waals surface area contributed by atoms with Crippen molar-refractivity contribution in [2.24, 2.45) is 0 Å². The van der Waals surface area contributed by atoms with E-state index in [2.05, 4.69) is 10.2 Å². The fourth-order valence-electron chi connectivity index (χ4n) is 0.764. The molecular weight excluding hydrogens is 252 g/mol. The minimum absolute atomic E-state index is 0.410. The Balaban J connectivity index is 0.000000325. The number of alkyl halides is 6. The van der Waals surface area contributed by atoms with Crippen molar-refractivity contribution in [3.8, 4) is 0 Å². The van der Waals surface area contributed by atoms with Gasteiger partial charge in [-0.1, -0.05) is 0 Å². The molecule has 0 amide bonds. The second-order valence-corrected chi connectivity index (χ2v) is 3.08. The van der Waals surface area contributed by atoms with Gasteiger partial charge in [0.25, 0.3) is 0 Å². The molecule has 1 aromatic rings. The van der Waals surface area contributed by atoms with Crippen LogP contribution in [0.1, 0.15) is 11.4 Å². The quantitative estimate of drug-likeness (QED) is 0.764. The first-order valence-corrected chi connectivity index (χ1v) is 4.37. The second-order valence-electron chi connectivity index (χ2n) is 3.08. The van der Waals surface area contributed by atoms with Crippen molar-refractivity contribution in [3.63, 3.8) is 0 Å². The van der Waals surface area contributed by atoms with Gasteiger partial charge in [0.15, 0.2) is 5.69 Å². The molecule has 9 heteroatoms. The topological polar surface area (TPSA) is 40.7 Å². The molecule has 0 aliphatic rings. The van der Waals surface area contributed by atoms with Gasteiger partial charge in [-0.05, 0) is 20.0 Å². The minimum atomic E-state index is -4.33. The molecule has 0 spiro atoms. The van der Waals surface area contributed by atoms with Crippen molar-refractivity contribution in [2.45, 2.75) is 19.3 Å². The Morgan fingerprint density at radius 3 is 1.88 bits per heavy atom. The molecule has 0 aromatic carbocycles. The third-order valence-electron chi connectivity index (χ3n) is 1.37. The Morgan fingerprint density at radius 2 is 1.76 bits per heavy atom. The Morgan fingerprint density at radius 1 is 1.24 bits per heavy atom. The van der Waals surface area contributed by atoms with Gasteiger partial charge in [-0.15, -0.1) is 0 Å². The predicted octanol–water partition coefficient (Wildman–Crippen LogP) is 2.51. The van der Waals surface area contributed by atoms with Crippen LogP contribution in [0.3, 0.4) is 0 Å². The van der Waals surface area contributed by atoms with E-state index in [4.69, 9.17) is 0 Å². The first-order valence-electron chi connectivity index (χ1n) is 4.37. The SMILES string of the molecule is CNCC(F)(F)F.Cc1cc(C(F)(F)F)n[nH]1. The number of aromatic nitrogens is 2. The molecular formula is C8H11F6N3. The molecule has 2 N–H and O–H groups in total. The molecule has 0 saturated heterocycles. The number of rotatable bonds is 1. The number of halogens is 6. The van der Waals surface area contributed by atoms with E-state index in [1.807, 2.05) is 5.32 Å². The zero-order valence-electron chi connectivity index (χ0n) is 9.00. The van der Waals surface area contributed by atoms with Gasteiger partial charge in [-0.3, -0.25) is 5.10 Å². The molecule has 0 aliphatic carbocycles. The Hall–Kier alpha value is -1.25. The maximum Gasteiger partial charge on any atom is 0.435 e. The number of hydrogen-bond donors (Lipinski definition) is 2. The van der Waals surface area contributed by atoms with Crippen molar-refractivity contribution in [1.29, 1.82) is 0 Å². The lowest BCUT2D eigenvalue weighted by Gasteiger charge is -2.01. The molecule has 1 heterocycles. The maximum atomic E-state index is 11.7. The molecule has 0 aliphatic heterocycles. The highest BCUT2D eigenvalue weighted by Gasteiger charge is 2.33. The first-order chi connectivity index (χ1) is 7.56. The summed E-state index contributed by atoms with van der Waals surface area (Å²) < 4.78 is 68.1. The zero-order valence-corrected chi connectivity index (χ0v) is 9.00. The molecule has 0 radical (unpaired) electrons. The molecule has 1 rings (SSSR count). The number of nitrogens with one attached hydrogen (secondary N) is 2. The molecule has 100 valence electrons. The average Bonchev–Trinajstić information content (AvgIpc) is 2.49. The lowest BCUT2D eigenvalue weighted by Crippen LogP contribution is -2.25.